The molecule has 0 saturated carbocycles. The highest BCUT2D eigenvalue weighted by Gasteiger charge is 2.51. The van der Waals surface area contributed by atoms with Crippen LogP contribution in [0.25, 0.3) is 0 Å². The lowest BCUT2D eigenvalue weighted by Gasteiger charge is -2.44. The van der Waals surface area contributed by atoms with Gasteiger partial charge in [0.1, 0.15) is 24.9 Å². The number of aliphatic hydroxyl groups excluding tert-OH is 1. The number of carbonyl (C=O) groups excluding carboxylic acids is 4. The van der Waals surface area contributed by atoms with E-state index in [1.165, 1.54) is 13.8 Å². The predicted octanol–water partition coefficient (Wildman–Crippen LogP) is 0.303. The Morgan fingerprint density at radius 1 is 0.729 bits per heavy atom. The number of ether oxygens (including phenoxy) is 10. The van der Waals surface area contributed by atoms with Crippen LogP contribution in [0.1, 0.15) is 33.3 Å². The molecule has 1 saturated heterocycles. The van der Waals surface area contributed by atoms with Crippen LogP contribution in [0.5, 0.6) is 0 Å². The van der Waals surface area contributed by atoms with Gasteiger partial charge in [-0.3, -0.25) is 19.2 Å². The maximum atomic E-state index is 12.0. The molecule has 1 aliphatic heterocycles. The third kappa shape index (κ3) is 17.8. The SMILES string of the molecule is CC(=O)N[C@H]1[C@H](OCCOCCOCCOCCOC[C@H](O)COCc2ccccc2)O[C@H](COC(C)=O)[C@H](OC(C)=O)[C@@H]1OC(C)=O. The van der Waals surface area contributed by atoms with Crippen molar-refractivity contribution in [3.05, 3.63) is 35.9 Å². The van der Waals surface area contributed by atoms with Crippen molar-refractivity contribution in [3.63, 3.8) is 0 Å². The van der Waals surface area contributed by atoms with E-state index in [2.05, 4.69) is 5.32 Å². The van der Waals surface area contributed by atoms with Crippen LogP contribution in [0.15, 0.2) is 30.3 Å². The van der Waals surface area contributed by atoms with Crippen molar-refractivity contribution in [3.8, 4) is 0 Å². The van der Waals surface area contributed by atoms with Gasteiger partial charge in [-0.1, -0.05) is 30.3 Å². The number of rotatable bonds is 24. The van der Waals surface area contributed by atoms with Crippen molar-refractivity contribution in [2.75, 3.05) is 72.7 Å². The van der Waals surface area contributed by atoms with E-state index in [9.17, 15) is 24.3 Å². The minimum atomic E-state index is -1.20. The molecule has 0 unspecified atom stereocenters. The van der Waals surface area contributed by atoms with Crippen molar-refractivity contribution in [2.24, 2.45) is 0 Å². The second kappa shape index (κ2) is 24.0. The Bertz CT molecular complexity index is 1070. The van der Waals surface area contributed by atoms with E-state index in [1.807, 2.05) is 30.3 Å². The van der Waals surface area contributed by atoms with Crippen molar-refractivity contribution in [1.82, 2.24) is 5.32 Å². The Morgan fingerprint density at radius 3 is 1.83 bits per heavy atom. The van der Waals surface area contributed by atoms with Crippen molar-refractivity contribution in [2.45, 2.75) is 71.0 Å². The molecule has 16 heteroatoms. The molecule has 0 radical (unpaired) electrons. The molecule has 6 atom stereocenters. The summed E-state index contributed by atoms with van der Waals surface area (Å²) in [7, 11) is 0. The van der Waals surface area contributed by atoms with Gasteiger partial charge in [0.05, 0.1) is 72.7 Å². The van der Waals surface area contributed by atoms with Crippen LogP contribution >= 0.6 is 0 Å². The van der Waals surface area contributed by atoms with Gasteiger partial charge in [-0.2, -0.15) is 0 Å². The molecular formula is C32H49NO15. The Morgan fingerprint density at radius 2 is 1.27 bits per heavy atom. The number of hydrogen-bond acceptors (Lipinski definition) is 15. The van der Waals surface area contributed by atoms with Crippen molar-refractivity contribution in [1.29, 1.82) is 0 Å². The minimum absolute atomic E-state index is 0.0169. The summed E-state index contributed by atoms with van der Waals surface area (Å²) in [5.74, 6) is -2.47. The number of hydrogen-bond donors (Lipinski definition) is 2. The lowest BCUT2D eigenvalue weighted by molar-refractivity contribution is -0.279. The van der Waals surface area contributed by atoms with Crippen molar-refractivity contribution >= 4 is 23.8 Å². The monoisotopic (exact) mass is 687 g/mol. The summed E-state index contributed by atoms with van der Waals surface area (Å²) in [5, 5.41) is 12.6. The summed E-state index contributed by atoms with van der Waals surface area (Å²) in [5.41, 5.74) is 1.03. The number of esters is 3. The third-order valence-corrected chi connectivity index (χ3v) is 6.43. The van der Waals surface area contributed by atoms with Crippen molar-refractivity contribution < 1.29 is 71.7 Å². The Hall–Kier alpha value is -3.22. The molecule has 2 N–H and O–H groups in total. The van der Waals surface area contributed by atoms with Gasteiger partial charge in [-0.25, -0.2) is 0 Å². The second-order valence-electron chi connectivity index (χ2n) is 10.7. The molecular weight excluding hydrogens is 638 g/mol. The van der Waals surface area contributed by atoms with E-state index in [1.54, 1.807) is 0 Å². The van der Waals surface area contributed by atoms with E-state index in [0.29, 0.717) is 39.6 Å². The number of amides is 1. The third-order valence-electron chi connectivity index (χ3n) is 6.43. The van der Waals surface area contributed by atoms with Gasteiger partial charge in [0.2, 0.25) is 5.91 Å². The molecule has 1 heterocycles. The van der Waals surface area contributed by atoms with Crippen LogP contribution in [-0.4, -0.2) is 138 Å². The number of nitrogens with one attached hydrogen (secondary N) is 1. The van der Waals surface area contributed by atoms with Crippen LogP contribution in [0.4, 0.5) is 0 Å². The molecule has 16 nitrogen and oxygen atoms in total. The summed E-state index contributed by atoms with van der Waals surface area (Å²) >= 11 is 0. The van der Waals surface area contributed by atoms with E-state index in [0.717, 1.165) is 19.4 Å². The first-order chi connectivity index (χ1) is 23.1. The lowest BCUT2D eigenvalue weighted by Crippen LogP contribution is -2.66. The average Bonchev–Trinajstić information content (AvgIpc) is 3.02. The van der Waals surface area contributed by atoms with Crippen LogP contribution in [0.2, 0.25) is 0 Å². The Balaban J connectivity index is 1.62. The Kier molecular flexibility index (Phi) is 20.5. The molecule has 0 bridgehead atoms. The molecule has 1 aliphatic rings. The number of benzene rings is 1. The Labute approximate surface area is 280 Å². The van der Waals surface area contributed by atoms with Gasteiger partial charge in [0.25, 0.3) is 0 Å². The van der Waals surface area contributed by atoms with Crippen LogP contribution in [0.3, 0.4) is 0 Å². The fourth-order valence-electron chi connectivity index (χ4n) is 4.47. The fraction of sp³-hybridized carbons (Fsp3) is 0.688. The van der Waals surface area contributed by atoms with Crippen LogP contribution < -0.4 is 5.32 Å². The van der Waals surface area contributed by atoms with Gasteiger partial charge in [0, 0.05) is 27.7 Å². The molecule has 1 fully saturated rings. The zero-order valence-corrected chi connectivity index (χ0v) is 28.0. The standard InChI is InChI=1S/C32H49NO15/c1-22(34)33-29-31(47-25(4)37)30(46-24(3)36)28(21-45-23(2)35)48-32(29)44-17-16-41-13-12-39-10-11-40-14-15-42-19-27(38)20-43-18-26-8-6-5-7-9-26/h5-9,27-32,38H,10-21H2,1-4H3,(H,33,34)/t27-,28+,29+,30-,31+,32+/m0/s1. The molecule has 1 amide bonds. The molecule has 0 aliphatic carbocycles. The molecule has 0 spiro atoms. The van der Waals surface area contributed by atoms with E-state index < -0.39 is 60.6 Å². The predicted molar refractivity (Wildman–Crippen MR) is 165 cm³/mol. The zero-order valence-electron chi connectivity index (χ0n) is 28.0. The second-order valence-corrected chi connectivity index (χ2v) is 10.7. The van der Waals surface area contributed by atoms with Gasteiger partial charge in [-0.05, 0) is 5.56 Å². The number of carbonyl (C=O) groups is 4. The number of aliphatic hydroxyl groups is 1. The molecule has 1 aromatic rings. The molecule has 48 heavy (non-hydrogen) atoms. The first-order valence-electron chi connectivity index (χ1n) is 15.7. The summed E-state index contributed by atoms with van der Waals surface area (Å²) in [6.07, 6.45) is -5.35. The molecule has 272 valence electrons. The summed E-state index contributed by atoms with van der Waals surface area (Å²) < 4.78 is 54.9. The van der Waals surface area contributed by atoms with Gasteiger partial charge in [0.15, 0.2) is 18.5 Å². The van der Waals surface area contributed by atoms with Crippen LogP contribution in [-0.2, 0) is 73.2 Å². The summed E-state index contributed by atoms with van der Waals surface area (Å²) in [6.45, 7) is 7.28. The maximum Gasteiger partial charge on any atom is 0.303 e. The van der Waals surface area contributed by atoms with E-state index in [-0.39, 0.29) is 39.6 Å². The van der Waals surface area contributed by atoms with Crippen LogP contribution in [0, 0.1) is 0 Å². The molecule has 0 aromatic heterocycles. The normalized spacial score (nSPS) is 21.2. The minimum Gasteiger partial charge on any atom is -0.463 e. The highest BCUT2D eigenvalue weighted by Crippen LogP contribution is 2.28. The summed E-state index contributed by atoms with van der Waals surface area (Å²) in [4.78, 5) is 47.2. The zero-order chi connectivity index (χ0) is 35.1. The van der Waals surface area contributed by atoms with Gasteiger partial charge < -0.3 is 57.8 Å². The highest BCUT2D eigenvalue weighted by atomic mass is 16.7. The smallest absolute Gasteiger partial charge is 0.303 e. The van der Waals surface area contributed by atoms with E-state index in [4.69, 9.17) is 47.4 Å². The topological polar surface area (TPSA) is 193 Å². The largest absolute Gasteiger partial charge is 0.463 e. The molecule has 1 aromatic carbocycles. The highest BCUT2D eigenvalue weighted by molar-refractivity contribution is 5.73. The summed E-state index contributed by atoms with van der Waals surface area (Å²) in [6, 6.07) is 8.64. The lowest BCUT2D eigenvalue weighted by atomic mass is 9.96. The first-order valence-corrected chi connectivity index (χ1v) is 15.7. The quantitative estimate of drug-likeness (QED) is 0.0856. The first kappa shape index (κ1) is 41.0. The molecule has 2 rings (SSSR count). The van der Waals surface area contributed by atoms with Gasteiger partial charge in [-0.15, -0.1) is 0 Å². The maximum absolute atomic E-state index is 12.0. The fourth-order valence-corrected chi connectivity index (χ4v) is 4.47. The van der Waals surface area contributed by atoms with Gasteiger partial charge >= 0.3 is 17.9 Å². The van der Waals surface area contributed by atoms with E-state index >= 15 is 0 Å². The average molecular weight is 688 g/mol.